The number of furan rings is 1. The first-order valence-electron chi connectivity index (χ1n) is 7.61. The first-order chi connectivity index (χ1) is 10.8. The number of amides is 1. The van der Waals surface area contributed by atoms with Crippen LogP contribution in [0, 0.1) is 11.3 Å². The lowest BCUT2D eigenvalue weighted by Gasteiger charge is -2.26. The van der Waals surface area contributed by atoms with E-state index in [-0.39, 0.29) is 11.5 Å². The van der Waals surface area contributed by atoms with Crippen molar-refractivity contribution in [2.45, 2.75) is 12.8 Å². The second-order valence-corrected chi connectivity index (χ2v) is 5.44. The summed E-state index contributed by atoms with van der Waals surface area (Å²) in [5.41, 5.74) is 0.101. The van der Waals surface area contributed by atoms with Gasteiger partial charge in [0.2, 0.25) is 0 Å². The second kappa shape index (κ2) is 6.67. The van der Waals surface area contributed by atoms with Crippen LogP contribution < -0.4 is 4.90 Å². The molecule has 116 valence electrons. The highest BCUT2D eigenvalue weighted by Gasteiger charge is 2.21. The quantitative estimate of drug-likeness (QED) is 0.627. The summed E-state index contributed by atoms with van der Waals surface area (Å²) in [4.78, 5) is 16.1. The molecule has 2 fully saturated rings. The van der Waals surface area contributed by atoms with E-state index in [2.05, 4.69) is 4.90 Å². The number of nitrogens with zero attached hydrogens (tertiary/aromatic N) is 3. The maximum Gasteiger partial charge on any atom is 0.264 e. The molecule has 1 aromatic heterocycles. The second-order valence-electron chi connectivity index (χ2n) is 5.44. The van der Waals surface area contributed by atoms with Crippen LogP contribution in [0.25, 0.3) is 6.08 Å². The lowest BCUT2D eigenvalue weighted by Crippen LogP contribution is -2.41. The average molecular weight is 301 g/mol. The molecule has 6 heteroatoms. The van der Waals surface area contributed by atoms with Crippen LogP contribution in [0.4, 0.5) is 5.88 Å². The lowest BCUT2D eigenvalue weighted by atomic mass is 10.2. The van der Waals surface area contributed by atoms with Gasteiger partial charge >= 0.3 is 0 Å². The monoisotopic (exact) mass is 301 g/mol. The molecule has 0 atom stereocenters. The third-order valence-electron chi connectivity index (χ3n) is 3.97. The van der Waals surface area contributed by atoms with E-state index in [0.717, 1.165) is 19.0 Å². The fourth-order valence-corrected chi connectivity index (χ4v) is 2.75. The Morgan fingerprint density at radius 3 is 2.59 bits per heavy atom. The van der Waals surface area contributed by atoms with E-state index in [9.17, 15) is 10.1 Å². The van der Waals surface area contributed by atoms with Gasteiger partial charge in [0.25, 0.3) is 5.91 Å². The van der Waals surface area contributed by atoms with Crippen molar-refractivity contribution >= 4 is 17.9 Å². The molecule has 1 amide bonds. The number of nitriles is 1. The van der Waals surface area contributed by atoms with E-state index in [1.54, 1.807) is 11.0 Å². The van der Waals surface area contributed by atoms with Gasteiger partial charge in [-0.25, -0.2) is 0 Å². The predicted octanol–water partition coefficient (Wildman–Crippen LogP) is 1.65. The molecule has 0 saturated carbocycles. The summed E-state index contributed by atoms with van der Waals surface area (Å²) >= 11 is 0. The molecule has 1 aromatic rings. The van der Waals surface area contributed by atoms with Crippen LogP contribution in [0.3, 0.4) is 0 Å². The standard InChI is InChI=1S/C16H19N3O3/c17-12-13(16(20)19-7-9-21-10-8-19)11-14-3-4-15(22-14)18-5-1-2-6-18/h3-4,11H,1-2,5-10H2/b13-11-. The van der Waals surface area contributed by atoms with Gasteiger partial charge in [-0.3, -0.25) is 4.79 Å². The van der Waals surface area contributed by atoms with E-state index >= 15 is 0 Å². The normalized spacial score (nSPS) is 19.3. The van der Waals surface area contributed by atoms with Crippen molar-refractivity contribution in [2.24, 2.45) is 0 Å². The van der Waals surface area contributed by atoms with Gasteiger partial charge in [0.15, 0.2) is 5.88 Å². The summed E-state index contributed by atoms with van der Waals surface area (Å²) in [5, 5.41) is 9.26. The van der Waals surface area contributed by atoms with E-state index < -0.39 is 0 Å². The van der Waals surface area contributed by atoms with E-state index in [0.29, 0.717) is 32.1 Å². The Kier molecular flexibility index (Phi) is 4.45. The van der Waals surface area contributed by atoms with Crippen molar-refractivity contribution in [3.63, 3.8) is 0 Å². The summed E-state index contributed by atoms with van der Waals surface area (Å²) in [6.45, 7) is 4.07. The van der Waals surface area contributed by atoms with Crippen molar-refractivity contribution in [1.29, 1.82) is 5.26 Å². The van der Waals surface area contributed by atoms with Gasteiger partial charge in [-0.05, 0) is 18.9 Å². The van der Waals surface area contributed by atoms with Crippen molar-refractivity contribution in [1.82, 2.24) is 4.90 Å². The fraction of sp³-hybridized carbons (Fsp3) is 0.500. The molecule has 0 aliphatic carbocycles. The fourth-order valence-electron chi connectivity index (χ4n) is 2.75. The van der Waals surface area contributed by atoms with Crippen molar-refractivity contribution < 1.29 is 13.9 Å². The van der Waals surface area contributed by atoms with Crippen molar-refractivity contribution in [3.8, 4) is 6.07 Å². The smallest absolute Gasteiger partial charge is 0.264 e. The number of carbonyl (C=O) groups is 1. The van der Waals surface area contributed by atoms with Crippen molar-refractivity contribution in [2.75, 3.05) is 44.3 Å². The molecule has 3 heterocycles. The molecule has 2 saturated heterocycles. The molecular formula is C16H19N3O3. The van der Waals surface area contributed by atoms with Crippen LogP contribution in [0.15, 0.2) is 22.1 Å². The van der Waals surface area contributed by atoms with Crippen LogP contribution in [0.2, 0.25) is 0 Å². The summed E-state index contributed by atoms with van der Waals surface area (Å²) in [6.07, 6.45) is 3.87. The van der Waals surface area contributed by atoms with Crippen LogP contribution in [-0.2, 0) is 9.53 Å². The molecule has 2 aliphatic heterocycles. The van der Waals surface area contributed by atoms with Gasteiger partial charge in [-0.15, -0.1) is 0 Å². The van der Waals surface area contributed by atoms with Gasteiger partial charge in [0, 0.05) is 38.3 Å². The van der Waals surface area contributed by atoms with E-state index in [1.165, 1.54) is 18.9 Å². The van der Waals surface area contributed by atoms with Gasteiger partial charge < -0.3 is 19.0 Å². The highest BCUT2D eigenvalue weighted by molar-refractivity contribution is 6.01. The SMILES string of the molecule is N#C/C(=C/c1ccc(N2CCCC2)o1)C(=O)N1CCOCC1. The molecule has 22 heavy (non-hydrogen) atoms. The average Bonchev–Trinajstić information content (AvgIpc) is 3.24. The minimum absolute atomic E-state index is 0.101. The Bertz CT molecular complexity index is 602. The molecule has 0 spiro atoms. The Morgan fingerprint density at radius 2 is 1.91 bits per heavy atom. The number of hydrogen-bond acceptors (Lipinski definition) is 5. The molecule has 0 bridgehead atoms. The molecular weight excluding hydrogens is 282 g/mol. The zero-order chi connectivity index (χ0) is 15.4. The Balaban J connectivity index is 1.73. The molecule has 0 aromatic carbocycles. The minimum Gasteiger partial charge on any atom is -0.441 e. The molecule has 2 aliphatic rings. The summed E-state index contributed by atoms with van der Waals surface area (Å²) < 4.78 is 11.0. The number of anilines is 1. The third kappa shape index (κ3) is 3.15. The Morgan fingerprint density at radius 1 is 1.18 bits per heavy atom. The zero-order valence-corrected chi connectivity index (χ0v) is 12.5. The molecule has 0 N–H and O–H groups in total. The minimum atomic E-state index is -0.259. The number of carbonyl (C=O) groups excluding carboxylic acids is 1. The molecule has 6 nitrogen and oxygen atoms in total. The first kappa shape index (κ1) is 14.7. The van der Waals surface area contributed by atoms with Crippen LogP contribution in [0.1, 0.15) is 18.6 Å². The maximum absolute atomic E-state index is 12.3. The largest absolute Gasteiger partial charge is 0.441 e. The predicted molar refractivity (Wildman–Crippen MR) is 81.1 cm³/mol. The summed E-state index contributed by atoms with van der Waals surface area (Å²) in [6, 6.07) is 5.68. The van der Waals surface area contributed by atoms with Gasteiger partial charge in [0.05, 0.1) is 13.2 Å². The lowest BCUT2D eigenvalue weighted by molar-refractivity contribution is -0.130. The molecule has 3 rings (SSSR count). The number of morpholine rings is 1. The van der Waals surface area contributed by atoms with E-state index in [4.69, 9.17) is 9.15 Å². The van der Waals surface area contributed by atoms with Gasteiger partial charge in [-0.2, -0.15) is 5.26 Å². The number of rotatable bonds is 3. The van der Waals surface area contributed by atoms with Crippen LogP contribution in [0.5, 0.6) is 0 Å². The summed E-state index contributed by atoms with van der Waals surface area (Å²) in [7, 11) is 0. The molecule has 0 radical (unpaired) electrons. The van der Waals surface area contributed by atoms with Gasteiger partial charge in [-0.1, -0.05) is 0 Å². The highest BCUT2D eigenvalue weighted by atomic mass is 16.5. The molecule has 0 unspecified atom stereocenters. The van der Waals surface area contributed by atoms with Crippen molar-refractivity contribution in [3.05, 3.63) is 23.5 Å². The number of ether oxygens (including phenoxy) is 1. The first-order valence-corrected chi connectivity index (χ1v) is 7.61. The number of hydrogen-bond donors (Lipinski definition) is 0. The maximum atomic E-state index is 12.3. The van der Waals surface area contributed by atoms with Gasteiger partial charge in [0.1, 0.15) is 17.4 Å². The zero-order valence-electron chi connectivity index (χ0n) is 12.5. The topological polar surface area (TPSA) is 69.7 Å². The Hall–Kier alpha value is -2.26. The van der Waals surface area contributed by atoms with Crippen LogP contribution >= 0.6 is 0 Å². The van der Waals surface area contributed by atoms with Crippen LogP contribution in [-0.4, -0.2) is 50.2 Å². The highest BCUT2D eigenvalue weighted by Crippen LogP contribution is 2.24. The third-order valence-corrected chi connectivity index (χ3v) is 3.97. The summed E-state index contributed by atoms with van der Waals surface area (Å²) in [5.74, 6) is 1.09. The van der Waals surface area contributed by atoms with E-state index in [1.807, 2.05) is 12.1 Å². The Labute approximate surface area is 129 Å².